The molecule has 0 saturated heterocycles. The lowest BCUT2D eigenvalue weighted by molar-refractivity contribution is 0.0141. The van der Waals surface area contributed by atoms with Crippen LogP contribution in [0.3, 0.4) is 0 Å². The van der Waals surface area contributed by atoms with E-state index in [2.05, 4.69) is 5.32 Å². The number of carbonyl (C=O) groups is 2. The third-order valence-electron chi connectivity index (χ3n) is 3.30. The van der Waals surface area contributed by atoms with Gasteiger partial charge in [0.05, 0.1) is 26.4 Å². The average Bonchev–Trinajstić information content (AvgIpc) is 2.65. The summed E-state index contributed by atoms with van der Waals surface area (Å²) in [5.41, 5.74) is 6.44. The number of nitrogens with two attached hydrogens (primary N) is 1. The van der Waals surface area contributed by atoms with Crippen molar-refractivity contribution in [1.29, 1.82) is 0 Å². The molecule has 3 N–H and O–H groups in total. The van der Waals surface area contributed by atoms with Crippen molar-refractivity contribution in [2.24, 2.45) is 5.73 Å². The number of nitrogens with one attached hydrogen (secondary N) is 1. The van der Waals surface area contributed by atoms with Gasteiger partial charge in [0.15, 0.2) is 0 Å². The number of hydrogen-bond acceptors (Lipinski definition) is 6. The van der Waals surface area contributed by atoms with Crippen LogP contribution in [-0.4, -0.2) is 64.9 Å². The summed E-state index contributed by atoms with van der Waals surface area (Å²) in [6, 6.07) is 6.50. The largest absolute Gasteiger partial charge is 0.379 e. The molecule has 1 aromatic rings. The summed E-state index contributed by atoms with van der Waals surface area (Å²) in [7, 11) is 0. The standard InChI is InChI=1S/C18H28N2O5/c19-7-1-9-23-11-13-25-14-12-24-10-2-8-20-18(22)17-5-3-16(15-21)4-6-17/h3-6,15H,1-2,7-14,19H2,(H,20,22). The lowest BCUT2D eigenvalue weighted by Gasteiger charge is -2.07. The summed E-state index contributed by atoms with van der Waals surface area (Å²) in [5.74, 6) is -0.157. The summed E-state index contributed by atoms with van der Waals surface area (Å²) >= 11 is 0. The number of ether oxygens (including phenoxy) is 3. The van der Waals surface area contributed by atoms with Gasteiger partial charge in [0.2, 0.25) is 0 Å². The second-order valence-electron chi connectivity index (χ2n) is 5.33. The first-order valence-corrected chi connectivity index (χ1v) is 8.54. The fraction of sp³-hybridized carbons (Fsp3) is 0.556. The molecule has 0 heterocycles. The van der Waals surface area contributed by atoms with Crippen molar-refractivity contribution < 1.29 is 23.8 Å². The van der Waals surface area contributed by atoms with Gasteiger partial charge in [-0.2, -0.15) is 0 Å². The highest BCUT2D eigenvalue weighted by Crippen LogP contribution is 2.02. The number of amides is 1. The molecule has 140 valence electrons. The molecule has 7 heteroatoms. The Hall–Kier alpha value is -1.80. The topological polar surface area (TPSA) is 99.9 Å². The molecule has 0 aliphatic rings. The Kier molecular flexibility index (Phi) is 12.4. The smallest absolute Gasteiger partial charge is 0.251 e. The van der Waals surface area contributed by atoms with Crippen LogP contribution in [0.4, 0.5) is 0 Å². The Morgan fingerprint density at radius 1 is 0.920 bits per heavy atom. The first kappa shape index (κ1) is 21.2. The third kappa shape index (κ3) is 10.6. The van der Waals surface area contributed by atoms with E-state index >= 15 is 0 Å². The number of rotatable bonds is 15. The molecular weight excluding hydrogens is 324 g/mol. The molecule has 0 aromatic heterocycles. The van der Waals surface area contributed by atoms with E-state index in [1.54, 1.807) is 24.3 Å². The van der Waals surface area contributed by atoms with Crippen molar-refractivity contribution in [3.63, 3.8) is 0 Å². The molecule has 0 fully saturated rings. The van der Waals surface area contributed by atoms with Gasteiger partial charge >= 0.3 is 0 Å². The van der Waals surface area contributed by atoms with Gasteiger partial charge < -0.3 is 25.3 Å². The van der Waals surface area contributed by atoms with Crippen LogP contribution in [0.1, 0.15) is 33.6 Å². The van der Waals surface area contributed by atoms with Crippen LogP contribution >= 0.6 is 0 Å². The van der Waals surface area contributed by atoms with Crippen LogP contribution in [0.2, 0.25) is 0 Å². The van der Waals surface area contributed by atoms with E-state index in [0.29, 0.717) is 63.9 Å². The quantitative estimate of drug-likeness (QED) is 0.361. The van der Waals surface area contributed by atoms with E-state index in [-0.39, 0.29) is 5.91 Å². The number of carbonyl (C=O) groups excluding carboxylic acids is 2. The van der Waals surface area contributed by atoms with Gasteiger partial charge in [0, 0.05) is 30.9 Å². The molecule has 0 atom stereocenters. The lowest BCUT2D eigenvalue weighted by Crippen LogP contribution is -2.25. The molecule has 0 saturated carbocycles. The van der Waals surface area contributed by atoms with E-state index < -0.39 is 0 Å². The minimum Gasteiger partial charge on any atom is -0.379 e. The highest BCUT2D eigenvalue weighted by molar-refractivity contribution is 5.94. The second-order valence-corrected chi connectivity index (χ2v) is 5.33. The van der Waals surface area contributed by atoms with Crippen molar-refractivity contribution in [1.82, 2.24) is 5.32 Å². The van der Waals surface area contributed by atoms with Gasteiger partial charge in [0.25, 0.3) is 5.91 Å². The van der Waals surface area contributed by atoms with E-state index in [0.717, 1.165) is 19.1 Å². The molecule has 7 nitrogen and oxygen atoms in total. The van der Waals surface area contributed by atoms with Crippen LogP contribution in [0.5, 0.6) is 0 Å². The zero-order valence-corrected chi connectivity index (χ0v) is 14.6. The zero-order valence-electron chi connectivity index (χ0n) is 14.6. The van der Waals surface area contributed by atoms with Gasteiger partial charge in [-0.15, -0.1) is 0 Å². The third-order valence-corrected chi connectivity index (χ3v) is 3.30. The fourth-order valence-corrected chi connectivity index (χ4v) is 1.92. The number of hydrogen-bond donors (Lipinski definition) is 2. The summed E-state index contributed by atoms with van der Waals surface area (Å²) in [6.07, 6.45) is 2.34. The van der Waals surface area contributed by atoms with E-state index in [4.69, 9.17) is 19.9 Å². The number of aldehydes is 1. The maximum absolute atomic E-state index is 11.9. The molecule has 1 rings (SSSR count). The predicted molar refractivity (Wildman–Crippen MR) is 94.9 cm³/mol. The van der Waals surface area contributed by atoms with Crippen LogP contribution in [0.25, 0.3) is 0 Å². The summed E-state index contributed by atoms with van der Waals surface area (Å²) in [5, 5.41) is 2.81. The monoisotopic (exact) mass is 352 g/mol. The Labute approximate surface area is 148 Å². The lowest BCUT2D eigenvalue weighted by atomic mass is 10.1. The first-order chi connectivity index (χ1) is 12.3. The average molecular weight is 352 g/mol. The summed E-state index contributed by atoms with van der Waals surface area (Å²) < 4.78 is 16.1. The van der Waals surface area contributed by atoms with E-state index in [1.807, 2.05) is 0 Å². The highest BCUT2D eigenvalue weighted by Gasteiger charge is 2.04. The van der Waals surface area contributed by atoms with Gasteiger partial charge in [0.1, 0.15) is 6.29 Å². The second kappa shape index (κ2) is 14.5. The van der Waals surface area contributed by atoms with Crippen LogP contribution in [0, 0.1) is 0 Å². The maximum Gasteiger partial charge on any atom is 0.251 e. The molecule has 0 bridgehead atoms. The first-order valence-electron chi connectivity index (χ1n) is 8.54. The van der Waals surface area contributed by atoms with Crippen molar-refractivity contribution >= 4 is 12.2 Å². The fourth-order valence-electron chi connectivity index (χ4n) is 1.92. The van der Waals surface area contributed by atoms with Crippen molar-refractivity contribution in [2.75, 3.05) is 52.7 Å². The minimum absolute atomic E-state index is 0.157. The molecule has 25 heavy (non-hydrogen) atoms. The molecule has 0 unspecified atom stereocenters. The molecule has 0 spiro atoms. The Morgan fingerprint density at radius 3 is 2.04 bits per heavy atom. The Balaban J connectivity index is 1.91. The van der Waals surface area contributed by atoms with Crippen molar-refractivity contribution in [3.8, 4) is 0 Å². The normalized spacial score (nSPS) is 10.6. The molecular formula is C18H28N2O5. The molecule has 1 amide bonds. The van der Waals surface area contributed by atoms with Crippen molar-refractivity contribution in [2.45, 2.75) is 12.8 Å². The Bertz CT molecular complexity index is 479. The SMILES string of the molecule is NCCCOCCOCCOCCCNC(=O)c1ccc(C=O)cc1. The molecule has 0 radical (unpaired) electrons. The number of benzene rings is 1. The van der Waals surface area contributed by atoms with E-state index in [9.17, 15) is 9.59 Å². The predicted octanol–water partition coefficient (Wildman–Crippen LogP) is 1.02. The van der Waals surface area contributed by atoms with Gasteiger partial charge in [-0.3, -0.25) is 9.59 Å². The molecule has 0 aliphatic heterocycles. The minimum atomic E-state index is -0.157. The highest BCUT2D eigenvalue weighted by atomic mass is 16.5. The van der Waals surface area contributed by atoms with E-state index in [1.165, 1.54) is 0 Å². The van der Waals surface area contributed by atoms with Crippen molar-refractivity contribution in [3.05, 3.63) is 35.4 Å². The molecule has 0 aliphatic carbocycles. The van der Waals surface area contributed by atoms with Gasteiger partial charge in [-0.05, 0) is 31.5 Å². The van der Waals surface area contributed by atoms with Crippen LogP contribution < -0.4 is 11.1 Å². The Morgan fingerprint density at radius 2 is 1.48 bits per heavy atom. The van der Waals surface area contributed by atoms with Crippen LogP contribution in [0.15, 0.2) is 24.3 Å². The zero-order chi connectivity index (χ0) is 18.2. The maximum atomic E-state index is 11.9. The van der Waals surface area contributed by atoms with Gasteiger partial charge in [-0.25, -0.2) is 0 Å². The summed E-state index contributed by atoms with van der Waals surface area (Å²) in [4.78, 5) is 22.4. The van der Waals surface area contributed by atoms with Gasteiger partial charge in [-0.1, -0.05) is 12.1 Å². The summed E-state index contributed by atoms with van der Waals surface area (Å²) in [6.45, 7) is 4.56. The molecule has 1 aromatic carbocycles. The van der Waals surface area contributed by atoms with Crippen LogP contribution in [-0.2, 0) is 14.2 Å².